The first kappa shape index (κ1) is 41.0. The third-order valence-corrected chi connectivity index (χ3v) is 5.69. The molecule has 0 aliphatic heterocycles. The second-order valence-electron chi connectivity index (χ2n) is 9.37. The Labute approximate surface area is 313 Å². The summed E-state index contributed by atoms with van der Waals surface area (Å²) in [5.74, 6) is 0.565. The first-order valence-electron chi connectivity index (χ1n) is 12.0. The molecular formula is C27H29Br2ClKN7O5. The van der Waals surface area contributed by atoms with Crippen LogP contribution in [0.1, 0.15) is 43.3 Å². The van der Waals surface area contributed by atoms with E-state index in [1.54, 1.807) is 70.7 Å². The Kier molecular flexibility index (Phi) is 19.2. The van der Waals surface area contributed by atoms with E-state index in [4.69, 9.17) is 17.3 Å². The van der Waals surface area contributed by atoms with Gasteiger partial charge in [0, 0.05) is 48.9 Å². The fourth-order valence-electron chi connectivity index (χ4n) is 2.80. The standard InChI is InChI=1S/C12H10BrN3O2.C7H8N2O2.C4H2BrClN2.C4H9O.K/c1-8-3-2-4-11(16(17)18)10(8)5-12-14-6-9(13)7-15-12;1-5-3-2-4-6(7(5)8)9(10)11;5-3-1-7-4(6)8-2-3;1-4(2,3)5;/h2-4,6-7H,5H2,1H3;2-4H,8H2,1H3;1-2H;1-3H3;/q;;;-1;+1. The molecule has 2 aromatic carbocycles. The fourth-order valence-corrected chi connectivity index (χ4v) is 3.30. The van der Waals surface area contributed by atoms with E-state index in [0.29, 0.717) is 17.8 Å². The van der Waals surface area contributed by atoms with Crippen molar-refractivity contribution in [1.82, 2.24) is 19.9 Å². The number of aryl methyl sites for hydroxylation is 2. The van der Waals surface area contributed by atoms with Gasteiger partial charge in [-0.2, -0.15) is 0 Å². The van der Waals surface area contributed by atoms with E-state index in [1.165, 1.54) is 12.1 Å². The van der Waals surface area contributed by atoms with Crippen molar-refractivity contribution < 1.29 is 66.3 Å². The van der Waals surface area contributed by atoms with Crippen LogP contribution in [0.2, 0.25) is 5.28 Å². The van der Waals surface area contributed by atoms with E-state index in [-0.39, 0.29) is 78.7 Å². The maximum atomic E-state index is 11.0. The van der Waals surface area contributed by atoms with E-state index in [9.17, 15) is 25.3 Å². The molecule has 0 saturated heterocycles. The van der Waals surface area contributed by atoms with Gasteiger partial charge in [0.2, 0.25) is 5.28 Å². The Bertz CT molecular complexity index is 1450. The van der Waals surface area contributed by atoms with Crippen molar-refractivity contribution in [2.75, 3.05) is 5.73 Å². The molecule has 12 nitrogen and oxygen atoms in total. The normalized spacial score (nSPS) is 9.88. The van der Waals surface area contributed by atoms with E-state index in [2.05, 4.69) is 51.8 Å². The minimum atomic E-state index is -0.750. The van der Waals surface area contributed by atoms with Gasteiger partial charge < -0.3 is 10.8 Å². The Morgan fingerprint density at radius 2 is 1.21 bits per heavy atom. The molecule has 0 fully saturated rings. The number of nitro groups is 2. The summed E-state index contributed by atoms with van der Waals surface area (Å²) in [5.41, 5.74) is 7.29. The van der Waals surface area contributed by atoms with Crippen LogP contribution in [-0.4, -0.2) is 35.4 Å². The van der Waals surface area contributed by atoms with Crippen LogP contribution in [-0.2, 0) is 6.42 Å². The molecule has 0 unspecified atom stereocenters. The van der Waals surface area contributed by atoms with Gasteiger partial charge in [0.25, 0.3) is 11.4 Å². The Balaban J connectivity index is 0.000000604. The van der Waals surface area contributed by atoms with Crippen LogP contribution in [0.5, 0.6) is 0 Å². The quantitative estimate of drug-likeness (QED) is 0.106. The molecule has 2 N–H and O–H groups in total. The van der Waals surface area contributed by atoms with Gasteiger partial charge in [0.05, 0.1) is 18.8 Å². The third-order valence-electron chi connectivity index (χ3n) is 4.68. The van der Waals surface area contributed by atoms with Gasteiger partial charge >= 0.3 is 51.4 Å². The van der Waals surface area contributed by atoms with Gasteiger partial charge in [0.1, 0.15) is 11.5 Å². The number of aromatic nitrogens is 4. The van der Waals surface area contributed by atoms with E-state index < -0.39 is 10.5 Å². The van der Waals surface area contributed by atoms with Gasteiger partial charge in [-0.1, -0.05) is 45.0 Å². The zero-order chi connectivity index (χ0) is 32.0. The van der Waals surface area contributed by atoms with Crippen molar-refractivity contribution in [2.45, 2.75) is 46.6 Å². The number of anilines is 1. The Morgan fingerprint density at radius 3 is 1.60 bits per heavy atom. The van der Waals surface area contributed by atoms with Crippen LogP contribution in [0.4, 0.5) is 17.1 Å². The number of benzene rings is 2. The molecule has 2 aromatic heterocycles. The zero-order valence-corrected chi connectivity index (χ0v) is 31.5. The maximum Gasteiger partial charge on any atom is 1.00 e. The molecule has 2 heterocycles. The Hall–Kier alpha value is -1.95. The van der Waals surface area contributed by atoms with Crippen LogP contribution in [0, 0.1) is 34.1 Å². The van der Waals surface area contributed by atoms with E-state index in [1.807, 2.05) is 13.0 Å². The molecule has 0 atom stereocenters. The van der Waals surface area contributed by atoms with Crippen molar-refractivity contribution >= 4 is 60.5 Å². The summed E-state index contributed by atoms with van der Waals surface area (Å²) in [6.07, 6.45) is 6.81. The molecule has 43 heavy (non-hydrogen) atoms. The number of nitrogens with zero attached hydrogens (tertiary/aromatic N) is 6. The third kappa shape index (κ3) is 17.2. The largest absolute Gasteiger partial charge is 1.00 e. The van der Waals surface area contributed by atoms with Gasteiger partial charge in [-0.05, 0) is 68.4 Å². The van der Waals surface area contributed by atoms with Crippen LogP contribution in [0.25, 0.3) is 0 Å². The van der Waals surface area contributed by atoms with Gasteiger partial charge in [-0.25, -0.2) is 19.9 Å². The predicted molar refractivity (Wildman–Crippen MR) is 167 cm³/mol. The number of hydrogen-bond donors (Lipinski definition) is 1. The molecule has 0 radical (unpaired) electrons. The monoisotopic (exact) mass is 763 g/mol. The summed E-state index contributed by atoms with van der Waals surface area (Å²) in [5, 5.41) is 31.7. The summed E-state index contributed by atoms with van der Waals surface area (Å²) < 4.78 is 1.62. The summed E-state index contributed by atoms with van der Waals surface area (Å²) in [6, 6.07) is 9.77. The van der Waals surface area contributed by atoms with E-state index >= 15 is 0 Å². The summed E-state index contributed by atoms with van der Waals surface area (Å²) >= 11 is 11.8. The predicted octanol–water partition coefficient (Wildman–Crippen LogP) is 3.57. The average molecular weight is 766 g/mol. The van der Waals surface area contributed by atoms with Crippen molar-refractivity contribution in [3.63, 3.8) is 0 Å². The second kappa shape index (κ2) is 20.1. The SMILES string of the molecule is CC(C)(C)[O-].Cc1cccc([N+](=O)[O-])c1Cc1ncc(Br)cn1.Cc1cccc([N+](=O)[O-])c1N.Clc1ncc(Br)cn1.[K+]. The van der Waals surface area contributed by atoms with Crippen molar-refractivity contribution in [3.8, 4) is 0 Å². The maximum absolute atomic E-state index is 11.0. The first-order valence-corrected chi connectivity index (χ1v) is 14.0. The summed E-state index contributed by atoms with van der Waals surface area (Å²) in [7, 11) is 0. The molecule has 0 aliphatic carbocycles. The zero-order valence-electron chi connectivity index (χ0n) is 24.4. The molecule has 224 valence electrons. The summed E-state index contributed by atoms with van der Waals surface area (Å²) in [6.45, 7) is 8.48. The molecule has 4 aromatic rings. The number of nitro benzene ring substituents is 2. The molecule has 0 bridgehead atoms. The second-order valence-corrected chi connectivity index (χ2v) is 11.5. The van der Waals surface area contributed by atoms with Crippen LogP contribution in [0.15, 0.2) is 70.1 Å². The minimum Gasteiger partial charge on any atom is -0.850 e. The number of hydrogen-bond acceptors (Lipinski definition) is 10. The van der Waals surface area contributed by atoms with Crippen molar-refractivity contribution in [3.05, 3.63) is 118 Å². The molecule has 16 heteroatoms. The van der Waals surface area contributed by atoms with Gasteiger partial charge in [0.15, 0.2) is 0 Å². The molecule has 0 spiro atoms. The average Bonchev–Trinajstić information content (AvgIpc) is 2.89. The van der Waals surface area contributed by atoms with Crippen molar-refractivity contribution in [1.29, 1.82) is 0 Å². The smallest absolute Gasteiger partial charge is 0.850 e. The molecule has 0 amide bonds. The first-order chi connectivity index (χ1) is 19.5. The minimum absolute atomic E-state index is 0. The van der Waals surface area contributed by atoms with Gasteiger partial charge in [-0.3, -0.25) is 20.2 Å². The van der Waals surface area contributed by atoms with Crippen LogP contribution in [0.3, 0.4) is 0 Å². The Morgan fingerprint density at radius 1 is 0.814 bits per heavy atom. The van der Waals surface area contributed by atoms with Crippen LogP contribution < -0.4 is 62.2 Å². The number of para-hydroxylation sites is 1. The number of nitrogens with two attached hydrogens (primary N) is 1. The number of rotatable bonds is 4. The van der Waals surface area contributed by atoms with Crippen LogP contribution >= 0.6 is 43.5 Å². The summed E-state index contributed by atoms with van der Waals surface area (Å²) in [4.78, 5) is 36.1. The van der Waals surface area contributed by atoms with Crippen molar-refractivity contribution in [2.24, 2.45) is 0 Å². The van der Waals surface area contributed by atoms with E-state index in [0.717, 1.165) is 20.1 Å². The number of nitrogen functional groups attached to an aromatic ring is 1. The number of halogens is 3. The molecule has 0 aliphatic rings. The van der Waals surface area contributed by atoms with Gasteiger partial charge in [-0.15, -0.1) is 5.60 Å². The topological polar surface area (TPSA) is 187 Å². The fraction of sp³-hybridized carbons (Fsp3) is 0.259. The molecular weight excluding hydrogens is 737 g/mol. The molecule has 0 saturated carbocycles. The molecule has 4 rings (SSSR count).